The van der Waals surface area contributed by atoms with Crippen molar-refractivity contribution >= 4 is 21.4 Å². The number of nitrogens with zero attached hydrogens (tertiary/aromatic N) is 2. The van der Waals surface area contributed by atoms with Crippen molar-refractivity contribution in [1.29, 1.82) is 0 Å². The van der Waals surface area contributed by atoms with Crippen molar-refractivity contribution in [2.75, 3.05) is 12.8 Å². The van der Waals surface area contributed by atoms with Gasteiger partial charge in [0, 0.05) is 41.7 Å². The van der Waals surface area contributed by atoms with Crippen LogP contribution in [-0.4, -0.2) is 30.8 Å². The number of benzene rings is 1. The first-order valence-corrected chi connectivity index (χ1v) is 11.7. The maximum Gasteiger partial charge on any atom is 0.243 e. The largest absolute Gasteiger partial charge is 0.399 e. The molecule has 0 unspecified atom stereocenters. The number of hydrogen-bond acceptors (Lipinski definition) is 5. The van der Waals surface area contributed by atoms with E-state index in [-0.39, 0.29) is 16.5 Å². The number of anilines is 1. The zero-order valence-corrected chi connectivity index (χ0v) is 19.1. The lowest BCUT2D eigenvalue weighted by molar-refractivity contribution is 0.463. The molecule has 8 heteroatoms. The summed E-state index contributed by atoms with van der Waals surface area (Å²) in [6, 6.07) is 5.74. The van der Waals surface area contributed by atoms with E-state index >= 15 is 0 Å². The number of nitrogens with two attached hydrogens (primary N) is 2. The van der Waals surface area contributed by atoms with Crippen LogP contribution < -0.4 is 11.5 Å². The van der Waals surface area contributed by atoms with E-state index in [4.69, 9.17) is 11.5 Å². The van der Waals surface area contributed by atoms with Crippen LogP contribution >= 0.6 is 0 Å². The lowest BCUT2D eigenvalue weighted by Crippen LogP contribution is -2.29. The lowest BCUT2D eigenvalue weighted by Gasteiger charge is -2.17. The van der Waals surface area contributed by atoms with Crippen LogP contribution in [0, 0.1) is 5.82 Å². The summed E-state index contributed by atoms with van der Waals surface area (Å²) < 4.78 is 41.7. The molecule has 1 fully saturated rings. The molecule has 166 valence electrons. The van der Waals surface area contributed by atoms with Crippen molar-refractivity contribution in [3.05, 3.63) is 59.2 Å². The molecule has 0 saturated heterocycles. The smallest absolute Gasteiger partial charge is 0.243 e. The van der Waals surface area contributed by atoms with Crippen LogP contribution in [0.3, 0.4) is 0 Å². The van der Waals surface area contributed by atoms with Crippen LogP contribution in [0.4, 0.5) is 10.2 Å². The molecule has 2 aromatic rings. The first-order valence-electron chi connectivity index (χ1n) is 10.2. The maximum atomic E-state index is 15.0. The normalized spacial score (nSPS) is 14.7. The number of hydrogen-bond donors (Lipinski definition) is 2. The average molecular weight is 445 g/mol. The average Bonchev–Trinajstić information content (AvgIpc) is 3.57. The summed E-state index contributed by atoms with van der Waals surface area (Å²) in [5.41, 5.74) is 16.1. The Morgan fingerprint density at radius 3 is 2.52 bits per heavy atom. The molecule has 1 aliphatic rings. The fourth-order valence-corrected chi connectivity index (χ4v) is 4.70. The van der Waals surface area contributed by atoms with Gasteiger partial charge >= 0.3 is 0 Å². The van der Waals surface area contributed by atoms with Gasteiger partial charge in [-0.2, -0.15) is 4.31 Å². The molecule has 6 nitrogen and oxygen atoms in total. The summed E-state index contributed by atoms with van der Waals surface area (Å²) in [6.45, 7) is 5.82. The molecule has 0 bridgehead atoms. The van der Waals surface area contributed by atoms with Crippen molar-refractivity contribution in [2.45, 2.75) is 51.0 Å². The minimum absolute atomic E-state index is 0.00379. The van der Waals surface area contributed by atoms with Crippen molar-refractivity contribution < 1.29 is 12.8 Å². The third-order valence-corrected chi connectivity index (χ3v) is 7.45. The highest BCUT2D eigenvalue weighted by Gasteiger charge is 2.35. The van der Waals surface area contributed by atoms with Crippen molar-refractivity contribution in [2.24, 2.45) is 5.73 Å². The number of halogens is 1. The topological polar surface area (TPSA) is 102 Å². The molecule has 1 aromatic carbocycles. The fraction of sp³-hybridized carbons (Fsp3) is 0.348. The third-order valence-electron chi connectivity index (χ3n) is 5.54. The molecule has 0 atom stereocenters. The molecule has 0 spiro atoms. The standard InChI is InChI=1S/C23H29FN4O2S/c1-5-15(11-22(25)14(2)3)20-10-16(13-27-23(20)26)19-9-8-18(12-21(19)24)31(29,30)28(4)17-6-7-17/h8-13,17H,5-7,25H2,1-4H3,(H2,26,27)/b15-11+. The highest BCUT2D eigenvalue weighted by Crippen LogP contribution is 2.33. The highest BCUT2D eigenvalue weighted by molar-refractivity contribution is 7.89. The lowest BCUT2D eigenvalue weighted by atomic mass is 9.98. The predicted molar refractivity (Wildman–Crippen MR) is 123 cm³/mol. The number of aromatic nitrogens is 1. The number of sulfonamides is 1. The molecular formula is C23H29FN4O2S. The molecule has 0 radical (unpaired) electrons. The molecule has 0 aliphatic heterocycles. The van der Waals surface area contributed by atoms with Crippen molar-refractivity contribution in [3.8, 4) is 11.1 Å². The zero-order valence-electron chi connectivity index (χ0n) is 18.3. The molecule has 31 heavy (non-hydrogen) atoms. The van der Waals surface area contributed by atoms with E-state index in [1.807, 2.05) is 26.8 Å². The first-order chi connectivity index (χ1) is 14.6. The van der Waals surface area contributed by atoms with Gasteiger partial charge in [0.15, 0.2) is 0 Å². The van der Waals surface area contributed by atoms with Crippen LogP contribution in [0.5, 0.6) is 0 Å². The van der Waals surface area contributed by atoms with Gasteiger partial charge in [0.25, 0.3) is 0 Å². The molecule has 1 aromatic heterocycles. The SMILES string of the molecule is CC/C(=C\C(N)=C(C)C)c1cc(-c2ccc(S(=O)(=O)N(C)C3CC3)cc2F)cnc1N. The van der Waals surface area contributed by atoms with Crippen molar-refractivity contribution in [1.82, 2.24) is 9.29 Å². The Morgan fingerprint density at radius 1 is 1.29 bits per heavy atom. The summed E-state index contributed by atoms with van der Waals surface area (Å²) >= 11 is 0. The molecule has 4 N–H and O–H groups in total. The van der Waals surface area contributed by atoms with E-state index < -0.39 is 15.8 Å². The molecule has 1 heterocycles. The quantitative estimate of drug-likeness (QED) is 0.620. The number of allylic oxidation sites excluding steroid dienone is 3. The Kier molecular flexibility index (Phi) is 6.52. The highest BCUT2D eigenvalue weighted by atomic mass is 32.2. The maximum absolute atomic E-state index is 15.0. The first kappa shape index (κ1) is 23.0. The van der Waals surface area contributed by atoms with Gasteiger partial charge in [-0.15, -0.1) is 0 Å². The van der Waals surface area contributed by atoms with Crippen LogP contribution in [0.1, 0.15) is 45.6 Å². The van der Waals surface area contributed by atoms with Crippen LogP contribution in [0.15, 0.2) is 52.7 Å². The second-order valence-electron chi connectivity index (χ2n) is 8.03. The molecule has 1 aliphatic carbocycles. The fourth-order valence-electron chi connectivity index (χ4n) is 3.27. The number of nitrogen functional groups attached to an aromatic ring is 1. The van der Waals surface area contributed by atoms with Gasteiger partial charge in [-0.1, -0.05) is 18.6 Å². The van der Waals surface area contributed by atoms with E-state index in [0.29, 0.717) is 29.1 Å². The molecule has 3 rings (SSSR count). The van der Waals surface area contributed by atoms with Gasteiger partial charge in [-0.25, -0.2) is 17.8 Å². The van der Waals surface area contributed by atoms with Gasteiger partial charge < -0.3 is 11.5 Å². The van der Waals surface area contributed by atoms with Crippen LogP contribution in [-0.2, 0) is 10.0 Å². The van der Waals surface area contributed by atoms with Gasteiger partial charge in [0.05, 0.1) is 4.90 Å². The molecule has 1 saturated carbocycles. The summed E-state index contributed by atoms with van der Waals surface area (Å²) in [6.07, 6.45) is 5.67. The minimum Gasteiger partial charge on any atom is -0.399 e. The number of rotatable bonds is 7. The van der Waals surface area contributed by atoms with E-state index in [2.05, 4.69) is 4.98 Å². The number of pyridine rings is 1. The van der Waals surface area contributed by atoms with E-state index in [0.717, 1.165) is 30.1 Å². The summed E-state index contributed by atoms with van der Waals surface area (Å²) in [7, 11) is -2.19. The minimum atomic E-state index is -3.72. The summed E-state index contributed by atoms with van der Waals surface area (Å²) in [4.78, 5) is 4.18. The van der Waals surface area contributed by atoms with Gasteiger partial charge in [-0.05, 0) is 63.0 Å². The Bertz CT molecular complexity index is 1160. The van der Waals surface area contributed by atoms with Gasteiger partial charge in [0.2, 0.25) is 10.0 Å². The van der Waals surface area contributed by atoms with Crippen LogP contribution in [0.2, 0.25) is 0 Å². The Balaban J connectivity index is 2.02. The summed E-state index contributed by atoms with van der Waals surface area (Å²) in [5.74, 6) is -0.308. The van der Waals surface area contributed by atoms with Gasteiger partial charge in [-0.3, -0.25) is 0 Å². The summed E-state index contributed by atoms with van der Waals surface area (Å²) in [5, 5.41) is 0. The Morgan fingerprint density at radius 2 is 1.97 bits per heavy atom. The second kappa shape index (κ2) is 8.80. The third kappa shape index (κ3) is 4.80. The van der Waals surface area contributed by atoms with E-state index in [1.54, 1.807) is 6.07 Å². The Hall–Kier alpha value is -2.71. The van der Waals surface area contributed by atoms with Gasteiger partial charge in [0.1, 0.15) is 11.6 Å². The van der Waals surface area contributed by atoms with E-state index in [9.17, 15) is 12.8 Å². The second-order valence-corrected chi connectivity index (χ2v) is 10.0. The monoisotopic (exact) mass is 444 g/mol. The zero-order chi connectivity index (χ0) is 22.9. The Labute approximate surface area is 183 Å². The molecular weight excluding hydrogens is 415 g/mol. The molecule has 0 amide bonds. The van der Waals surface area contributed by atoms with Crippen LogP contribution in [0.25, 0.3) is 16.7 Å². The predicted octanol–water partition coefficient (Wildman–Crippen LogP) is 4.30. The van der Waals surface area contributed by atoms with E-state index in [1.165, 1.54) is 29.7 Å². The van der Waals surface area contributed by atoms with Crippen molar-refractivity contribution in [3.63, 3.8) is 0 Å².